The quantitative estimate of drug-likeness (QED) is 0.331. The molecule has 2 N–H and O–H groups in total. The largest absolute Gasteiger partial charge is 0.338 e. The summed E-state index contributed by atoms with van der Waals surface area (Å²) in [6, 6.07) is 11.1. The van der Waals surface area contributed by atoms with Crippen LogP contribution in [0.25, 0.3) is 20.7 Å². The minimum Gasteiger partial charge on any atom is -0.338 e. The highest BCUT2D eigenvalue weighted by atomic mass is 32.2. The first-order valence-corrected chi connectivity index (χ1v) is 11.1. The lowest BCUT2D eigenvalue weighted by atomic mass is 10.2. The summed E-state index contributed by atoms with van der Waals surface area (Å²) < 4.78 is 1.50. The molecule has 30 heavy (non-hydrogen) atoms. The van der Waals surface area contributed by atoms with Gasteiger partial charge in [-0.1, -0.05) is 48.2 Å². The normalized spacial score (nSPS) is 11.8. The summed E-state index contributed by atoms with van der Waals surface area (Å²) >= 11 is 2.56. The smallest absolute Gasteiger partial charge is 0.321 e. The van der Waals surface area contributed by atoms with Crippen LogP contribution in [0.15, 0.2) is 59.0 Å². The molecule has 2 heterocycles. The van der Waals surface area contributed by atoms with Crippen LogP contribution in [-0.4, -0.2) is 33.3 Å². The molecule has 0 aliphatic rings. The fraction of sp³-hybridized carbons (Fsp3) is 0.238. The summed E-state index contributed by atoms with van der Waals surface area (Å²) in [5, 5.41) is 5.12. The fourth-order valence-electron chi connectivity index (χ4n) is 2.75. The molecule has 0 saturated carbocycles. The van der Waals surface area contributed by atoms with Gasteiger partial charge in [0.1, 0.15) is 4.83 Å². The van der Waals surface area contributed by atoms with E-state index in [0.717, 1.165) is 22.2 Å². The Hall–Kier alpha value is -2.91. The molecule has 0 fully saturated rings. The summed E-state index contributed by atoms with van der Waals surface area (Å²) in [7, 11) is 0. The molecule has 156 valence electrons. The van der Waals surface area contributed by atoms with E-state index in [1.54, 1.807) is 19.9 Å². The number of carbonyl (C=O) groups is 2. The number of benzene rings is 1. The Morgan fingerprint density at radius 1 is 1.33 bits per heavy atom. The number of urea groups is 1. The summed E-state index contributed by atoms with van der Waals surface area (Å²) in [4.78, 5) is 43.2. The zero-order valence-corrected chi connectivity index (χ0v) is 18.3. The second kappa shape index (κ2) is 9.73. The van der Waals surface area contributed by atoms with Crippen molar-refractivity contribution >= 4 is 45.3 Å². The van der Waals surface area contributed by atoms with Gasteiger partial charge >= 0.3 is 6.03 Å². The van der Waals surface area contributed by atoms with E-state index in [9.17, 15) is 14.4 Å². The number of fused-ring (bicyclic) bond motifs is 1. The molecule has 2 aromatic heterocycles. The van der Waals surface area contributed by atoms with Crippen molar-refractivity contribution in [1.29, 1.82) is 0 Å². The molecule has 1 unspecified atom stereocenters. The molecule has 3 amide bonds. The SMILES string of the molecule is C=CCn1c(SC(C)C(=O)NC(=O)NCC)nc2sc(-c3ccccc3)cc2c1=O. The molecule has 7 nitrogen and oxygen atoms in total. The van der Waals surface area contributed by atoms with E-state index in [0.29, 0.717) is 21.9 Å². The predicted molar refractivity (Wildman–Crippen MR) is 122 cm³/mol. The molecule has 9 heteroatoms. The van der Waals surface area contributed by atoms with Crippen molar-refractivity contribution in [3.63, 3.8) is 0 Å². The average Bonchev–Trinajstić information content (AvgIpc) is 3.16. The van der Waals surface area contributed by atoms with Crippen LogP contribution in [0.4, 0.5) is 4.79 Å². The topological polar surface area (TPSA) is 93.1 Å². The lowest BCUT2D eigenvalue weighted by Crippen LogP contribution is -2.42. The van der Waals surface area contributed by atoms with Gasteiger partial charge in [0.05, 0.1) is 10.6 Å². The van der Waals surface area contributed by atoms with Gasteiger partial charge in [0.15, 0.2) is 5.16 Å². The van der Waals surface area contributed by atoms with Gasteiger partial charge in [-0.15, -0.1) is 17.9 Å². The molecule has 3 aromatic rings. The van der Waals surface area contributed by atoms with E-state index in [-0.39, 0.29) is 12.1 Å². The van der Waals surface area contributed by atoms with Crippen molar-refractivity contribution in [1.82, 2.24) is 20.2 Å². The summed E-state index contributed by atoms with van der Waals surface area (Å²) in [5.41, 5.74) is 0.830. The van der Waals surface area contributed by atoms with E-state index < -0.39 is 17.2 Å². The Morgan fingerprint density at radius 3 is 2.73 bits per heavy atom. The molecule has 0 aliphatic heterocycles. The van der Waals surface area contributed by atoms with Crippen LogP contribution in [0.5, 0.6) is 0 Å². The van der Waals surface area contributed by atoms with Crippen LogP contribution >= 0.6 is 23.1 Å². The number of allylic oxidation sites excluding steroid dienone is 1. The number of amides is 3. The van der Waals surface area contributed by atoms with Crippen LogP contribution in [0, 0.1) is 0 Å². The number of nitrogens with one attached hydrogen (secondary N) is 2. The number of hydrogen-bond acceptors (Lipinski definition) is 6. The number of aromatic nitrogens is 2. The molecule has 0 aliphatic carbocycles. The number of nitrogens with zero attached hydrogens (tertiary/aromatic N) is 2. The van der Waals surface area contributed by atoms with Gasteiger partial charge in [0, 0.05) is 18.0 Å². The van der Waals surface area contributed by atoms with Crippen LogP contribution in [0.2, 0.25) is 0 Å². The minimum atomic E-state index is -0.624. The van der Waals surface area contributed by atoms with Crippen molar-refractivity contribution in [2.24, 2.45) is 0 Å². The maximum absolute atomic E-state index is 13.1. The maximum atomic E-state index is 13.1. The van der Waals surface area contributed by atoms with E-state index >= 15 is 0 Å². The molecular weight excluding hydrogens is 420 g/mol. The number of imide groups is 1. The Bertz CT molecular complexity index is 1140. The second-order valence-electron chi connectivity index (χ2n) is 6.40. The second-order valence-corrected chi connectivity index (χ2v) is 8.74. The predicted octanol–water partition coefficient (Wildman–Crippen LogP) is 3.64. The van der Waals surface area contributed by atoms with E-state index in [2.05, 4.69) is 22.2 Å². The van der Waals surface area contributed by atoms with E-state index in [1.165, 1.54) is 15.9 Å². The summed E-state index contributed by atoms with van der Waals surface area (Å²) in [6.07, 6.45) is 1.61. The van der Waals surface area contributed by atoms with Crippen molar-refractivity contribution in [3.05, 3.63) is 59.4 Å². The highest BCUT2D eigenvalue weighted by molar-refractivity contribution is 8.00. The zero-order valence-electron chi connectivity index (χ0n) is 16.7. The molecular formula is C21H22N4O3S2. The summed E-state index contributed by atoms with van der Waals surface area (Å²) in [5.74, 6) is -0.457. The average molecular weight is 443 g/mol. The first-order chi connectivity index (χ1) is 14.4. The molecule has 0 saturated heterocycles. The van der Waals surface area contributed by atoms with Crippen LogP contribution in [0.3, 0.4) is 0 Å². The molecule has 1 aromatic carbocycles. The number of rotatable bonds is 7. The first-order valence-electron chi connectivity index (χ1n) is 9.40. The minimum absolute atomic E-state index is 0.183. The number of hydrogen-bond donors (Lipinski definition) is 2. The van der Waals surface area contributed by atoms with Gasteiger partial charge < -0.3 is 5.32 Å². The van der Waals surface area contributed by atoms with Gasteiger partial charge in [0.25, 0.3) is 5.56 Å². The third-order valence-electron chi connectivity index (χ3n) is 4.21. The lowest BCUT2D eigenvalue weighted by molar-refractivity contribution is -0.119. The van der Waals surface area contributed by atoms with Crippen molar-refractivity contribution in [2.45, 2.75) is 30.8 Å². The highest BCUT2D eigenvalue weighted by Gasteiger charge is 2.21. The monoisotopic (exact) mass is 442 g/mol. The number of thiophene rings is 1. The number of thioether (sulfide) groups is 1. The Morgan fingerprint density at radius 2 is 2.07 bits per heavy atom. The molecule has 0 bridgehead atoms. The van der Waals surface area contributed by atoms with Gasteiger partial charge in [-0.25, -0.2) is 9.78 Å². The van der Waals surface area contributed by atoms with Gasteiger partial charge in [-0.05, 0) is 25.5 Å². The third kappa shape index (κ3) is 4.80. The van der Waals surface area contributed by atoms with E-state index in [1.807, 2.05) is 36.4 Å². The van der Waals surface area contributed by atoms with Crippen molar-refractivity contribution < 1.29 is 9.59 Å². The number of carbonyl (C=O) groups excluding carboxylic acids is 2. The van der Waals surface area contributed by atoms with Gasteiger partial charge in [0.2, 0.25) is 5.91 Å². The molecule has 1 atom stereocenters. The third-order valence-corrected chi connectivity index (χ3v) is 6.38. The van der Waals surface area contributed by atoms with Crippen LogP contribution < -0.4 is 16.2 Å². The van der Waals surface area contributed by atoms with Crippen LogP contribution in [0.1, 0.15) is 13.8 Å². The van der Waals surface area contributed by atoms with Gasteiger partial charge in [-0.3, -0.25) is 19.5 Å². The molecule has 0 radical (unpaired) electrons. The maximum Gasteiger partial charge on any atom is 0.321 e. The molecule has 0 spiro atoms. The van der Waals surface area contributed by atoms with E-state index in [4.69, 9.17) is 0 Å². The van der Waals surface area contributed by atoms with Gasteiger partial charge in [-0.2, -0.15) is 0 Å². The fourth-order valence-corrected chi connectivity index (χ4v) is 4.75. The molecule has 3 rings (SSSR count). The van der Waals surface area contributed by atoms with Crippen molar-refractivity contribution in [3.8, 4) is 10.4 Å². The Kier molecular flexibility index (Phi) is 7.07. The Balaban J connectivity index is 1.96. The Labute approximate surface area is 182 Å². The summed E-state index contributed by atoms with van der Waals surface area (Å²) in [6.45, 7) is 7.83. The highest BCUT2D eigenvalue weighted by Crippen LogP contribution is 2.32. The standard InChI is InChI=1S/C21H22N4O3S2/c1-4-11-25-19(27)15-12-16(14-9-7-6-8-10-14)30-18(15)24-21(25)29-13(3)17(26)23-20(28)22-5-2/h4,6-10,12-13H,1,5,11H2,2-3H3,(H2,22,23,26,28). The van der Waals surface area contributed by atoms with Crippen molar-refractivity contribution in [2.75, 3.05) is 6.54 Å². The lowest BCUT2D eigenvalue weighted by Gasteiger charge is -2.14. The first kappa shape index (κ1) is 21.8. The van der Waals surface area contributed by atoms with Crippen LogP contribution in [-0.2, 0) is 11.3 Å². The zero-order chi connectivity index (χ0) is 21.7.